The summed E-state index contributed by atoms with van der Waals surface area (Å²) in [5.41, 5.74) is 2.27. The number of hydrogen-bond donors (Lipinski definition) is 1. The second-order valence-electron chi connectivity index (χ2n) is 5.82. The Morgan fingerprint density at radius 3 is 2.83 bits per heavy atom. The van der Waals surface area contributed by atoms with Crippen LogP contribution in [-0.4, -0.2) is 22.8 Å². The largest absolute Gasteiger partial charge is 0.361 e. The number of para-hydroxylation sites is 1. The predicted octanol–water partition coefficient (Wildman–Crippen LogP) is 4.97. The maximum Gasteiger partial charge on any atom is 0.223 e. The highest BCUT2D eigenvalue weighted by Gasteiger charge is 2.26. The van der Waals surface area contributed by atoms with E-state index in [1.165, 1.54) is 10.3 Å². The van der Waals surface area contributed by atoms with E-state index in [9.17, 15) is 4.79 Å². The van der Waals surface area contributed by atoms with E-state index in [1.807, 2.05) is 36.3 Å². The number of nitrogens with zero attached hydrogens (tertiary/aromatic N) is 1. The van der Waals surface area contributed by atoms with Crippen molar-refractivity contribution >= 4 is 28.1 Å². The van der Waals surface area contributed by atoms with Crippen LogP contribution in [0.15, 0.2) is 48.0 Å². The number of rotatable bonds is 6. The number of fused-ring (bicyclic) bond motifs is 1. The number of aromatic amines is 1. The van der Waals surface area contributed by atoms with Gasteiger partial charge in [0.05, 0.1) is 6.04 Å². The van der Waals surface area contributed by atoms with Crippen molar-refractivity contribution in [3.05, 3.63) is 58.4 Å². The fraction of sp³-hybridized carbons (Fsp3) is 0.316. The van der Waals surface area contributed by atoms with Crippen LogP contribution in [0.1, 0.15) is 42.7 Å². The molecule has 2 aromatic heterocycles. The molecule has 1 atom stereocenters. The summed E-state index contributed by atoms with van der Waals surface area (Å²) in [6.07, 6.45) is 4.63. The highest BCUT2D eigenvalue weighted by Crippen LogP contribution is 2.35. The summed E-state index contributed by atoms with van der Waals surface area (Å²) in [5.74, 6) is 0.204. The van der Waals surface area contributed by atoms with Gasteiger partial charge in [-0.15, -0.1) is 11.3 Å². The fourth-order valence-corrected chi connectivity index (χ4v) is 3.85. The minimum atomic E-state index is -0.0319. The number of benzene rings is 1. The van der Waals surface area contributed by atoms with Gasteiger partial charge in [0.1, 0.15) is 0 Å². The van der Waals surface area contributed by atoms with Gasteiger partial charge in [-0.3, -0.25) is 4.79 Å². The molecule has 1 unspecified atom stereocenters. The number of hydrogen-bond acceptors (Lipinski definition) is 2. The molecule has 0 aliphatic carbocycles. The van der Waals surface area contributed by atoms with Crippen LogP contribution in [0.25, 0.3) is 10.9 Å². The summed E-state index contributed by atoms with van der Waals surface area (Å²) >= 11 is 1.70. The normalized spacial score (nSPS) is 12.4. The van der Waals surface area contributed by atoms with Crippen LogP contribution in [0, 0.1) is 0 Å². The minimum Gasteiger partial charge on any atom is -0.361 e. The average Bonchev–Trinajstić information content (AvgIpc) is 3.23. The summed E-state index contributed by atoms with van der Waals surface area (Å²) in [6, 6.07) is 12.4. The standard InChI is InChI=1S/C19H22N2OS/c1-3-4-11-18(22)21(2)19(17-10-7-12-23-17)15-13-20-16-9-6-5-8-14(15)16/h5-10,12-13,19-20H,3-4,11H2,1-2H3. The van der Waals surface area contributed by atoms with Gasteiger partial charge in [0.2, 0.25) is 5.91 Å². The molecule has 2 heterocycles. The number of carbonyl (C=O) groups excluding carboxylic acids is 1. The van der Waals surface area contributed by atoms with Crippen LogP contribution in [-0.2, 0) is 4.79 Å². The number of amides is 1. The Bertz CT molecular complexity index is 776. The van der Waals surface area contributed by atoms with E-state index in [1.54, 1.807) is 11.3 Å². The first-order valence-electron chi connectivity index (χ1n) is 8.07. The lowest BCUT2D eigenvalue weighted by Gasteiger charge is -2.27. The van der Waals surface area contributed by atoms with Crippen LogP contribution < -0.4 is 0 Å². The average molecular weight is 326 g/mol. The summed E-state index contributed by atoms with van der Waals surface area (Å²) in [4.78, 5) is 19.0. The lowest BCUT2D eigenvalue weighted by molar-refractivity contribution is -0.131. The smallest absolute Gasteiger partial charge is 0.223 e. The molecule has 3 rings (SSSR count). The monoisotopic (exact) mass is 326 g/mol. The lowest BCUT2D eigenvalue weighted by atomic mass is 10.0. The minimum absolute atomic E-state index is 0.0319. The van der Waals surface area contributed by atoms with E-state index in [0.29, 0.717) is 6.42 Å². The van der Waals surface area contributed by atoms with Crippen LogP contribution in [0.4, 0.5) is 0 Å². The van der Waals surface area contributed by atoms with Crippen LogP contribution in [0.3, 0.4) is 0 Å². The van der Waals surface area contributed by atoms with E-state index in [4.69, 9.17) is 0 Å². The molecule has 0 saturated heterocycles. The Balaban J connectivity index is 2.01. The molecule has 0 saturated carbocycles. The van der Waals surface area contributed by atoms with E-state index in [0.717, 1.165) is 23.9 Å². The molecule has 3 aromatic rings. The zero-order valence-electron chi connectivity index (χ0n) is 13.6. The third-order valence-electron chi connectivity index (χ3n) is 4.25. The Morgan fingerprint density at radius 2 is 2.09 bits per heavy atom. The number of unbranched alkanes of at least 4 members (excludes halogenated alkanes) is 1. The molecule has 1 amide bonds. The Kier molecular flexibility index (Phi) is 4.82. The van der Waals surface area contributed by atoms with Crippen molar-refractivity contribution in [2.24, 2.45) is 0 Å². The van der Waals surface area contributed by atoms with Gasteiger partial charge in [0.15, 0.2) is 0 Å². The highest BCUT2D eigenvalue weighted by molar-refractivity contribution is 7.10. The third kappa shape index (κ3) is 3.17. The molecule has 0 spiro atoms. The maximum atomic E-state index is 12.6. The van der Waals surface area contributed by atoms with E-state index < -0.39 is 0 Å². The SMILES string of the molecule is CCCCC(=O)N(C)C(c1cccs1)c1c[nH]c2ccccc12. The van der Waals surface area contributed by atoms with E-state index >= 15 is 0 Å². The van der Waals surface area contributed by atoms with Gasteiger partial charge in [0, 0.05) is 41.0 Å². The zero-order valence-corrected chi connectivity index (χ0v) is 14.4. The molecular weight excluding hydrogens is 304 g/mol. The molecule has 3 nitrogen and oxygen atoms in total. The number of aromatic nitrogens is 1. The molecule has 0 bridgehead atoms. The van der Waals surface area contributed by atoms with Gasteiger partial charge in [0.25, 0.3) is 0 Å². The number of carbonyl (C=O) groups is 1. The Morgan fingerprint density at radius 1 is 1.26 bits per heavy atom. The van der Waals surface area contributed by atoms with E-state index in [2.05, 4.69) is 35.5 Å². The molecule has 1 aromatic carbocycles. The number of nitrogens with one attached hydrogen (secondary N) is 1. The number of thiophene rings is 1. The first kappa shape index (κ1) is 15.8. The molecule has 0 aliphatic rings. The second kappa shape index (κ2) is 7.01. The highest BCUT2D eigenvalue weighted by atomic mass is 32.1. The van der Waals surface area contributed by atoms with Crippen LogP contribution >= 0.6 is 11.3 Å². The van der Waals surface area contributed by atoms with Crippen LogP contribution in [0.5, 0.6) is 0 Å². The maximum absolute atomic E-state index is 12.6. The third-order valence-corrected chi connectivity index (χ3v) is 5.18. The summed E-state index contributed by atoms with van der Waals surface area (Å²) in [5, 5.41) is 3.25. The fourth-order valence-electron chi connectivity index (χ4n) is 2.97. The van der Waals surface area contributed by atoms with Crippen molar-refractivity contribution in [1.29, 1.82) is 0 Å². The van der Waals surface area contributed by atoms with Crippen molar-refractivity contribution in [2.75, 3.05) is 7.05 Å². The van der Waals surface area contributed by atoms with Gasteiger partial charge >= 0.3 is 0 Å². The topological polar surface area (TPSA) is 36.1 Å². The van der Waals surface area contributed by atoms with Crippen molar-refractivity contribution in [2.45, 2.75) is 32.2 Å². The van der Waals surface area contributed by atoms with Crippen molar-refractivity contribution < 1.29 is 4.79 Å². The van der Waals surface area contributed by atoms with Crippen LogP contribution in [0.2, 0.25) is 0 Å². The molecule has 0 radical (unpaired) electrons. The number of H-pyrrole nitrogens is 1. The van der Waals surface area contributed by atoms with Gasteiger partial charge < -0.3 is 9.88 Å². The summed E-state index contributed by atoms with van der Waals surface area (Å²) in [6.45, 7) is 2.11. The molecule has 0 aliphatic heterocycles. The first-order chi connectivity index (χ1) is 11.2. The van der Waals surface area contributed by atoms with Crippen molar-refractivity contribution in [3.63, 3.8) is 0 Å². The molecule has 23 heavy (non-hydrogen) atoms. The second-order valence-corrected chi connectivity index (χ2v) is 6.80. The molecule has 4 heteroatoms. The first-order valence-corrected chi connectivity index (χ1v) is 8.95. The summed E-state index contributed by atoms with van der Waals surface area (Å²) in [7, 11) is 1.92. The molecule has 0 fully saturated rings. The predicted molar refractivity (Wildman–Crippen MR) is 96.8 cm³/mol. The quantitative estimate of drug-likeness (QED) is 0.682. The van der Waals surface area contributed by atoms with Gasteiger partial charge in [-0.2, -0.15) is 0 Å². The zero-order chi connectivity index (χ0) is 16.2. The Hall–Kier alpha value is -2.07. The van der Waals surface area contributed by atoms with E-state index in [-0.39, 0.29) is 11.9 Å². The molecular formula is C19H22N2OS. The van der Waals surface area contributed by atoms with Crippen molar-refractivity contribution in [1.82, 2.24) is 9.88 Å². The lowest BCUT2D eigenvalue weighted by Crippen LogP contribution is -2.31. The van der Waals surface area contributed by atoms with Gasteiger partial charge in [-0.05, 0) is 23.9 Å². The molecule has 120 valence electrons. The van der Waals surface area contributed by atoms with Crippen molar-refractivity contribution in [3.8, 4) is 0 Å². The van der Waals surface area contributed by atoms with Gasteiger partial charge in [-0.25, -0.2) is 0 Å². The summed E-state index contributed by atoms with van der Waals surface area (Å²) < 4.78 is 0. The Labute approximate surface area is 140 Å². The van der Waals surface area contributed by atoms with Gasteiger partial charge in [-0.1, -0.05) is 37.6 Å². The molecule has 1 N–H and O–H groups in total.